The zero-order chi connectivity index (χ0) is 28.6. The molecule has 38 heavy (non-hydrogen) atoms. The molecule has 1 aliphatic heterocycles. The molecule has 0 spiro atoms. The van der Waals surface area contributed by atoms with E-state index < -0.39 is 34.4 Å². The van der Waals surface area contributed by atoms with Crippen molar-refractivity contribution in [3.05, 3.63) is 35.9 Å². The lowest BCUT2D eigenvalue weighted by atomic mass is 10.0. The van der Waals surface area contributed by atoms with E-state index in [1.165, 1.54) is 89.0 Å². The van der Waals surface area contributed by atoms with E-state index in [0.717, 1.165) is 5.56 Å². The molecular formula is C28H50N3O6S+. The number of β-lactam (4-membered cyclic amide) rings is 1. The van der Waals surface area contributed by atoms with Crippen LogP contribution in [0, 0.1) is 0 Å². The number of unbranched alkanes of at least 4 members (excludes halogenated alkanes) is 4. The van der Waals surface area contributed by atoms with Gasteiger partial charge in [0.05, 0.1) is 32.2 Å². The molecule has 218 valence electrons. The van der Waals surface area contributed by atoms with E-state index in [1.807, 2.05) is 6.07 Å². The molecule has 0 aliphatic carbocycles. The molecule has 1 unspecified atom stereocenters. The number of nitrogens with one attached hydrogen (secondary N) is 1. The number of hydrogen-bond donors (Lipinski definition) is 2. The van der Waals surface area contributed by atoms with Gasteiger partial charge in [0.2, 0.25) is 0 Å². The first-order valence-corrected chi connectivity index (χ1v) is 15.6. The van der Waals surface area contributed by atoms with Gasteiger partial charge in [-0.25, -0.2) is 9.10 Å². The Balaban J connectivity index is 0.000000391. The zero-order valence-corrected chi connectivity index (χ0v) is 24.8. The number of ether oxygens (including phenoxy) is 1. The Kier molecular flexibility index (Phi) is 15.5. The Morgan fingerprint density at radius 1 is 0.921 bits per heavy atom. The van der Waals surface area contributed by atoms with Gasteiger partial charge < -0.3 is 14.5 Å². The van der Waals surface area contributed by atoms with Crippen molar-refractivity contribution in [1.29, 1.82) is 0 Å². The molecule has 1 aromatic carbocycles. The molecule has 1 heterocycles. The summed E-state index contributed by atoms with van der Waals surface area (Å²) in [5.74, 6) is -0.901. The fraction of sp³-hybridized carbons (Fsp3) is 0.714. The number of rotatable bonds is 16. The summed E-state index contributed by atoms with van der Waals surface area (Å²) in [6.45, 7) is 16.4. The van der Waals surface area contributed by atoms with E-state index >= 15 is 0 Å². The van der Waals surface area contributed by atoms with Crippen LogP contribution in [0.25, 0.3) is 0 Å². The third kappa shape index (κ3) is 11.3. The number of nitrogens with zero attached hydrogens (tertiary/aromatic N) is 2. The first-order valence-electron chi connectivity index (χ1n) is 14.2. The molecule has 2 rings (SSSR count). The zero-order valence-electron chi connectivity index (χ0n) is 24.0. The van der Waals surface area contributed by atoms with Crippen LogP contribution >= 0.6 is 0 Å². The highest BCUT2D eigenvalue weighted by molar-refractivity contribution is 7.84. The quantitative estimate of drug-likeness (QED) is 0.162. The van der Waals surface area contributed by atoms with Crippen LogP contribution in [-0.4, -0.2) is 72.0 Å². The Morgan fingerprint density at radius 3 is 1.74 bits per heavy atom. The molecule has 9 nitrogen and oxygen atoms in total. The number of amides is 2. The van der Waals surface area contributed by atoms with Crippen molar-refractivity contribution in [1.82, 2.24) is 9.62 Å². The standard InChI is InChI=1S/C16H36N.C12H14N2O6S/c1-5-9-13-17(14-10-6-2,15-11-7-3)16-12-8-4;1-8-10(11(15)14(8)21(17,18)19)13-12(16)20-7-9-5-3-2-4-6-9/h5-16H2,1-4H3;2-6,8,10H,7H2,1H3,(H,13,16)(H,17,18,19)/q+1;/t;8?,10-/m.0/s1. The summed E-state index contributed by atoms with van der Waals surface area (Å²) < 4.78 is 37.2. The molecule has 2 atom stereocenters. The molecule has 0 aromatic heterocycles. The lowest BCUT2D eigenvalue weighted by molar-refractivity contribution is -0.929. The normalized spacial score (nSPS) is 17.3. The summed E-state index contributed by atoms with van der Waals surface area (Å²) in [6, 6.07) is 7.04. The van der Waals surface area contributed by atoms with Gasteiger partial charge in [-0.2, -0.15) is 8.42 Å². The predicted molar refractivity (Wildman–Crippen MR) is 151 cm³/mol. The molecule has 1 aromatic rings. The topological polar surface area (TPSA) is 113 Å². The lowest BCUT2D eigenvalue weighted by Gasteiger charge is -2.41. The molecule has 0 radical (unpaired) electrons. The minimum Gasteiger partial charge on any atom is -0.445 e. The predicted octanol–water partition coefficient (Wildman–Crippen LogP) is 5.32. The summed E-state index contributed by atoms with van der Waals surface area (Å²) in [4.78, 5) is 23.1. The van der Waals surface area contributed by atoms with Gasteiger partial charge in [0, 0.05) is 0 Å². The lowest BCUT2D eigenvalue weighted by Crippen LogP contribution is -2.70. The minimum atomic E-state index is -4.60. The monoisotopic (exact) mass is 556 g/mol. The summed E-state index contributed by atoms with van der Waals surface area (Å²) in [5, 5.41) is 2.26. The summed E-state index contributed by atoms with van der Waals surface area (Å²) in [6.07, 6.45) is 10.2. The van der Waals surface area contributed by atoms with Crippen molar-refractivity contribution < 1.29 is 31.8 Å². The van der Waals surface area contributed by atoms with Crippen molar-refractivity contribution in [3.8, 4) is 0 Å². The number of benzene rings is 1. The van der Waals surface area contributed by atoms with E-state index in [2.05, 4.69) is 33.0 Å². The van der Waals surface area contributed by atoms with Gasteiger partial charge in [-0.15, -0.1) is 0 Å². The number of quaternary nitrogens is 1. The number of carbonyl (C=O) groups is 2. The molecule has 0 saturated carbocycles. The molecular weight excluding hydrogens is 506 g/mol. The van der Waals surface area contributed by atoms with E-state index in [9.17, 15) is 18.0 Å². The van der Waals surface area contributed by atoms with E-state index in [-0.39, 0.29) is 6.61 Å². The average Bonchev–Trinajstić information content (AvgIpc) is 2.90. The van der Waals surface area contributed by atoms with Crippen LogP contribution in [0.5, 0.6) is 0 Å². The highest BCUT2D eigenvalue weighted by Gasteiger charge is 2.51. The van der Waals surface area contributed by atoms with Crippen LogP contribution in [0.2, 0.25) is 0 Å². The Morgan fingerprint density at radius 2 is 1.37 bits per heavy atom. The number of hydrogen-bond acceptors (Lipinski definition) is 5. The van der Waals surface area contributed by atoms with Gasteiger partial charge in [-0.05, 0) is 38.2 Å². The van der Waals surface area contributed by atoms with Crippen LogP contribution in [0.3, 0.4) is 0 Å². The minimum absolute atomic E-state index is 0.0317. The summed E-state index contributed by atoms with van der Waals surface area (Å²) in [5.41, 5.74) is 0.778. The van der Waals surface area contributed by atoms with Crippen molar-refractivity contribution >= 4 is 22.3 Å². The molecule has 1 saturated heterocycles. The molecule has 1 aliphatic rings. The highest BCUT2D eigenvalue weighted by atomic mass is 32.2. The second-order valence-electron chi connectivity index (χ2n) is 10.2. The second kappa shape index (κ2) is 17.4. The third-order valence-electron chi connectivity index (χ3n) is 7.01. The van der Waals surface area contributed by atoms with Gasteiger partial charge in [0.15, 0.2) is 0 Å². The van der Waals surface area contributed by atoms with Crippen LogP contribution in [0.15, 0.2) is 30.3 Å². The number of carbonyl (C=O) groups excluding carboxylic acids is 2. The molecule has 1 fully saturated rings. The molecule has 10 heteroatoms. The third-order valence-corrected chi connectivity index (χ3v) is 8.02. The fourth-order valence-corrected chi connectivity index (χ4v) is 5.52. The first-order chi connectivity index (χ1) is 18.0. The van der Waals surface area contributed by atoms with Gasteiger partial charge in [-0.1, -0.05) is 83.7 Å². The maximum Gasteiger partial charge on any atom is 0.408 e. The summed E-state index contributed by atoms with van der Waals surface area (Å²) >= 11 is 0. The second-order valence-corrected chi connectivity index (χ2v) is 11.5. The Labute approximate surface area is 230 Å². The van der Waals surface area contributed by atoms with Crippen molar-refractivity contribution in [2.45, 2.75) is 105 Å². The first kappa shape index (κ1) is 33.9. The van der Waals surface area contributed by atoms with Crippen LogP contribution in [0.1, 0.15) is 91.5 Å². The van der Waals surface area contributed by atoms with Crippen molar-refractivity contribution in [2.24, 2.45) is 0 Å². The van der Waals surface area contributed by atoms with Gasteiger partial charge in [0.1, 0.15) is 12.6 Å². The largest absolute Gasteiger partial charge is 0.445 e. The fourth-order valence-electron chi connectivity index (χ4n) is 4.64. The smallest absolute Gasteiger partial charge is 0.408 e. The number of alkyl carbamates (subject to hydrolysis) is 1. The SMILES string of the molecule is CC1[C@H](NC(=O)OCc2ccccc2)C(=O)N1S(=O)(=O)O.CCCC[N+](CCCC)(CCCC)CCCC. The Hall–Kier alpha value is -2.17. The Bertz CT molecular complexity index is 888. The highest BCUT2D eigenvalue weighted by Crippen LogP contribution is 2.23. The molecule has 2 N–H and O–H groups in total. The maximum absolute atomic E-state index is 11.6. The van der Waals surface area contributed by atoms with E-state index in [4.69, 9.17) is 9.29 Å². The molecule has 2 amide bonds. The van der Waals surface area contributed by atoms with E-state index in [0.29, 0.717) is 4.31 Å². The van der Waals surface area contributed by atoms with Crippen LogP contribution in [-0.2, 0) is 26.4 Å². The van der Waals surface area contributed by atoms with Crippen LogP contribution < -0.4 is 5.32 Å². The van der Waals surface area contributed by atoms with Gasteiger partial charge in [-0.3, -0.25) is 9.35 Å². The van der Waals surface area contributed by atoms with Gasteiger partial charge in [0.25, 0.3) is 5.91 Å². The summed E-state index contributed by atoms with van der Waals surface area (Å²) in [7, 11) is -4.60. The molecule has 0 bridgehead atoms. The van der Waals surface area contributed by atoms with Gasteiger partial charge >= 0.3 is 16.4 Å². The van der Waals surface area contributed by atoms with Crippen molar-refractivity contribution in [2.75, 3.05) is 26.2 Å². The van der Waals surface area contributed by atoms with Crippen LogP contribution in [0.4, 0.5) is 4.79 Å². The maximum atomic E-state index is 11.6. The van der Waals surface area contributed by atoms with E-state index in [1.54, 1.807) is 24.3 Å². The van der Waals surface area contributed by atoms with Crippen molar-refractivity contribution in [3.63, 3.8) is 0 Å². The average molecular weight is 557 g/mol.